The van der Waals surface area contributed by atoms with Gasteiger partial charge in [0.1, 0.15) is 0 Å². The van der Waals surface area contributed by atoms with E-state index in [4.69, 9.17) is 5.11 Å². The lowest BCUT2D eigenvalue weighted by Gasteiger charge is -2.26. The smallest absolute Gasteiger partial charge is 0.310 e. The van der Waals surface area contributed by atoms with Crippen LogP contribution in [0.1, 0.15) is 31.9 Å². The first-order chi connectivity index (χ1) is 8.35. The van der Waals surface area contributed by atoms with E-state index >= 15 is 0 Å². The Bertz CT molecular complexity index is 395. The number of nitrogens with zero attached hydrogens (tertiary/aromatic N) is 1. The summed E-state index contributed by atoms with van der Waals surface area (Å²) in [7, 11) is 1.96. The van der Waals surface area contributed by atoms with Gasteiger partial charge in [0.25, 0.3) is 0 Å². The fourth-order valence-electron chi connectivity index (χ4n) is 1.99. The van der Waals surface area contributed by atoms with Gasteiger partial charge in [-0.05, 0) is 38.4 Å². The highest BCUT2D eigenvalue weighted by atomic mass is 16.4. The van der Waals surface area contributed by atoms with Crippen LogP contribution in [-0.2, 0) is 17.8 Å². The van der Waals surface area contributed by atoms with Crippen molar-refractivity contribution in [2.75, 3.05) is 13.6 Å². The summed E-state index contributed by atoms with van der Waals surface area (Å²) >= 11 is 0. The molecule has 3 heteroatoms. The Hall–Kier alpha value is -1.35. The fraction of sp³-hybridized carbons (Fsp3) is 0.533. The number of rotatable bonds is 6. The number of hydrogen-bond acceptors (Lipinski definition) is 2. The molecule has 0 bridgehead atoms. The van der Waals surface area contributed by atoms with Gasteiger partial charge < -0.3 is 10.0 Å². The van der Waals surface area contributed by atoms with E-state index in [1.807, 2.05) is 7.05 Å². The molecule has 100 valence electrons. The quantitative estimate of drug-likeness (QED) is 0.842. The second kappa shape index (κ2) is 6.01. The average molecular weight is 249 g/mol. The second-order valence-corrected chi connectivity index (χ2v) is 5.53. The maximum atomic E-state index is 11.1. The standard InChI is InChI=1S/C15H23NO2/c1-5-12-6-8-13(9-7-12)10-16(4)11-15(2,3)14(17)18/h6-9H,5,10-11H2,1-4H3,(H,17,18). The minimum atomic E-state index is -0.754. The second-order valence-electron chi connectivity index (χ2n) is 5.53. The van der Waals surface area contributed by atoms with Crippen LogP contribution in [0.2, 0.25) is 0 Å². The predicted octanol–water partition coefficient (Wildman–Crippen LogP) is 2.79. The van der Waals surface area contributed by atoms with Gasteiger partial charge in [-0.3, -0.25) is 4.79 Å². The SMILES string of the molecule is CCc1ccc(CN(C)CC(C)(C)C(=O)O)cc1. The molecular formula is C15H23NO2. The molecule has 0 amide bonds. The van der Waals surface area contributed by atoms with Crippen LogP contribution in [0.4, 0.5) is 0 Å². The van der Waals surface area contributed by atoms with Gasteiger partial charge in [0, 0.05) is 13.1 Å². The summed E-state index contributed by atoms with van der Waals surface area (Å²) in [4.78, 5) is 13.1. The first-order valence-corrected chi connectivity index (χ1v) is 6.35. The van der Waals surface area contributed by atoms with Gasteiger partial charge in [0.2, 0.25) is 0 Å². The lowest BCUT2D eigenvalue weighted by Crippen LogP contribution is -2.36. The summed E-state index contributed by atoms with van der Waals surface area (Å²) in [5.41, 5.74) is 1.83. The summed E-state index contributed by atoms with van der Waals surface area (Å²) < 4.78 is 0. The first kappa shape index (κ1) is 14.7. The Labute approximate surface area is 109 Å². The summed E-state index contributed by atoms with van der Waals surface area (Å²) in [6.45, 7) is 6.97. The van der Waals surface area contributed by atoms with Crippen molar-refractivity contribution in [3.05, 3.63) is 35.4 Å². The summed E-state index contributed by atoms with van der Waals surface area (Å²) in [5.74, 6) is -0.754. The molecule has 0 aliphatic rings. The highest BCUT2D eigenvalue weighted by Gasteiger charge is 2.28. The normalized spacial score (nSPS) is 11.8. The molecule has 0 heterocycles. The molecule has 0 atom stereocenters. The Morgan fingerprint density at radius 3 is 2.17 bits per heavy atom. The molecule has 1 aromatic rings. The van der Waals surface area contributed by atoms with Crippen LogP contribution in [0.25, 0.3) is 0 Å². The molecule has 0 saturated carbocycles. The molecule has 1 N–H and O–H groups in total. The third-order valence-electron chi connectivity index (χ3n) is 3.13. The van der Waals surface area contributed by atoms with Crippen molar-refractivity contribution in [2.45, 2.75) is 33.7 Å². The minimum absolute atomic E-state index is 0.540. The Kier molecular flexibility index (Phi) is 4.91. The Morgan fingerprint density at radius 1 is 1.22 bits per heavy atom. The average Bonchev–Trinajstić information content (AvgIpc) is 2.29. The van der Waals surface area contributed by atoms with Crippen LogP contribution in [0.3, 0.4) is 0 Å². The highest BCUT2D eigenvalue weighted by Crippen LogP contribution is 2.18. The number of carbonyl (C=O) groups is 1. The zero-order valence-electron chi connectivity index (χ0n) is 11.7. The topological polar surface area (TPSA) is 40.5 Å². The van der Waals surface area contributed by atoms with Crippen LogP contribution in [0.15, 0.2) is 24.3 Å². The van der Waals surface area contributed by atoms with Crippen LogP contribution in [0.5, 0.6) is 0 Å². The van der Waals surface area contributed by atoms with Crippen molar-refractivity contribution in [1.29, 1.82) is 0 Å². The Balaban J connectivity index is 2.58. The van der Waals surface area contributed by atoms with Crippen LogP contribution < -0.4 is 0 Å². The summed E-state index contributed by atoms with van der Waals surface area (Å²) in [5, 5.41) is 9.10. The third-order valence-corrected chi connectivity index (χ3v) is 3.13. The van der Waals surface area contributed by atoms with Crippen molar-refractivity contribution >= 4 is 5.97 Å². The van der Waals surface area contributed by atoms with E-state index in [1.54, 1.807) is 13.8 Å². The number of aryl methyl sites for hydroxylation is 1. The van der Waals surface area contributed by atoms with Crippen molar-refractivity contribution in [3.63, 3.8) is 0 Å². The molecule has 0 aromatic heterocycles. The van der Waals surface area contributed by atoms with Crippen molar-refractivity contribution in [3.8, 4) is 0 Å². The maximum Gasteiger partial charge on any atom is 0.310 e. The molecule has 0 saturated heterocycles. The molecule has 0 aliphatic carbocycles. The number of hydrogen-bond donors (Lipinski definition) is 1. The molecule has 0 spiro atoms. The molecule has 18 heavy (non-hydrogen) atoms. The number of benzene rings is 1. The van der Waals surface area contributed by atoms with Gasteiger partial charge in [0.05, 0.1) is 5.41 Å². The van der Waals surface area contributed by atoms with Gasteiger partial charge in [-0.25, -0.2) is 0 Å². The van der Waals surface area contributed by atoms with Crippen LogP contribution in [0, 0.1) is 5.41 Å². The van der Waals surface area contributed by atoms with Gasteiger partial charge in [-0.15, -0.1) is 0 Å². The van der Waals surface area contributed by atoms with Crippen LogP contribution >= 0.6 is 0 Å². The molecule has 3 nitrogen and oxygen atoms in total. The molecule has 0 unspecified atom stereocenters. The molecule has 1 aromatic carbocycles. The van der Waals surface area contributed by atoms with Crippen molar-refractivity contribution in [2.24, 2.45) is 5.41 Å². The maximum absolute atomic E-state index is 11.1. The van der Waals surface area contributed by atoms with Gasteiger partial charge >= 0.3 is 5.97 Å². The number of carboxylic acid groups (broad SMARTS) is 1. The van der Waals surface area contributed by atoms with Gasteiger partial charge in [-0.1, -0.05) is 31.2 Å². The zero-order valence-corrected chi connectivity index (χ0v) is 11.7. The molecular weight excluding hydrogens is 226 g/mol. The zero-order chi connectivity index (χ0) is 13.8. The monoisotopic (exact) mass is 249 g/mol. The molecule has 0 aliphatic heterocycles. The van der Waals surface area contributed by atoms with E-state index in [-0.39, 0.29) is 0 Å². The highest BCUT2D eigenvalue weighted by molar-refractivity contribution is 5.73. The number of carboxylic acids is 1. The third kappa shape index (κ3) is 4.15. The van der Waals surface area contributed by atoms with E-state index in [2.05, 4.69) is 36.1 Å². The van der Waals surface area contributed by atoms with E-state index in [1.165, 1.54) is 11.1 Å². The Morgan fingerprint density at radius 2 is 1.72 bits per heavy atom. The molecule has 0 fully saturated rings. The summed E-state index contributed by atoms with van der Waals surface area (Å²) in [6, 6.07) is 8.49. The summed E-state index contributed by atoms with van der Waals surface area (Å²) in [6.07, 6.45) is 1.04. The predicted molar refractivity (Wildman–Crippen MR) is 73.6 cm³/mol. The van der Waals surface area contributed by atoms with E-state index in [0.717, 1.165) is 13.0 Å². The largest absolute Gasteiger partial charge is 0.481 e. The van der Waals surface area contributed by atoms with Crippen molar-refractivity contribution < 1.29 is 9.90 Å². The van der Waals surface area contributed by atoms with Crippen molar-refractivity contribution in [1.82, 2.24) is 4.90 Å². The number of aliphatic carboxylic acids is 1. The van der Waals surface area contributed by atoms with E-state index < -0.39 is 11.4 Å². The first-order valence-electron chi connectivity index (χ1n) is 6.35. The van der Waals surface area contributed by atoms with Crippen LogP contribution in [-0.4, -0.2) is 29.6 Å². The van der Waals surface area contributed by atoms with E-state index in [9.17, 15) is 4.79 Å². The fourth-order valence-corrected chi connectivity index (χ4v) is 1.99. The van der Waals surface area contributed by atoms with Gasteiger partial charge in [0.15, 0.2) is 0 Å². The van der Waals surface area contributed by atoms with Gasteiger partial charge in [-0.2, -0.15) is 0 Å². The minimum Gasteiger partial charge on any atom is -0.481 e. The molecule has 0 radical (unpaired) electrons. The lowest BCUT2D eigenvalue weighted by molar-refractivity contribution is -0.147. The lowest BCUT2D eigenvalue weighted by atomic mass is 9.93. The molecule has 1 rings (SSSR count). The van der Waals surface area contributed by atoms with E-state index in [0.29, 0.717) is 6.54 Å².